The summed E-state index contributed by atoms with van der Waals surface area (Å²) in [5.74, 6) is 0. The molecule has 1 aromatic carbocycles. The molecule has 0 radical (unpaired) electrons. The van der Waals surface area contributed by atoms with Crippen LogP contribution in [0.1, 0.15) is 18.4 Å². The van der Waals surface area contributed by atoms with E-state index in [0.29, 0.717) is 11.7 Å². The summed E-state index contributed by atoms with van der Waals surface area (Å²) in [6, 6.07) is 8.33. The molecule has 100 valence electrons. The summed E-state index contributed by atoms with van der Waals surface area (Å²) in [6.45, 7) is 1.11. The van der Waals surface area contributed by atoms with E-state index in [9.17, 15) is 8.42 Å². The molecule has 0 amide bonds. The van der Waals surface area contributed by atoms with Crippen LogP contribution >= 0.6 is 0 Å². The van der Waals surface area contributed by atoms with Crippen LogP contribution in [0.25, 0.3) is 0 Å². The highest BCUT2D eigenvalue weighted by atomic mass is 32.2. The second-order valence-corrected chi connectivity index (χ2v) is 6.91. The summed E-state index contributed by atoms with van der Waals surface area (Å²) in [5, 5.41) is 3.46. The van der Waals surface area contributed by atoms with Gasteiger partial charge in [0.25, 0.3) is 0 Å². The second-order valence-electron chi connectivity index (χ2n) is 4.89. The summed E-state index contributed by atoms with van der Waals surface area (Å²) in [7, 11) is -1.60. The fourth-order valence-corrected chi connectivity index (χ4v) is 2.75. The number of nitrogens with zero attached hydrogens (tertiary/aromatic N) is 1. The molecule has 1 aliphatic rings. The zero-order chi connectivity index (χ0) is 13.2. The third-order valence-electron chi connectivity index (χ3n) is 3.44. The lowest BCUT2D eigenvalue weighted by Crippen LogP contribution is -2.25. The number of rotatable bonds is 4. The van der Waals surface area contributed by atoms with Gasteiger partial charge < -0.3 is 5.32 Å². The second kappa shape index (κ2) is 5.28. The van der Waals surface area contributed by atoms with Crippen LogP contribution in [0.3, 0.4) is 0 Å². The van der Waals surface area contributed by atoms with Crippen LogP contribution in [-0.2, 0) is 16.4 Å². The molecule has 1 N–H and O–H groups in total. The Bertz CT molecular complexity index is 490. The molecule has 1 aromatic rings. The molecule has 1 fully saturated rings. The molecular formula is C13H20N2O2S. The van der Waals surface area contributed by atoms with Crippen LogP contribution in [0.15, 0.2) is 24.3 Å². The molecule has 5 heteroatoms. The van der Waals surface area contributed by atoms with Gasteiger partial charge in [-0.3, -0.25) is 4.31 Å². The Hall–Kier alpha value is -1.07. The van der Waals surface area contributed by atoms with E-state index in [1.54, 1.807) is 7.05 Å². The predicted molar refractivity (Wildman–Crippen MR) is 74.4 cm³/mol. The van der Waals surface area contributed by atoms with Crippen molar-refractivity contribution in [3.05, 3.63) is 29.8 Å². The molecule has 0 bridgehead atoms. The zero-order valence-corrected chi connectivity index (χ0v) is 11.7. The van der Waals surface area contributed by atoms with Gasteiger partial charge in [-0.05, 0) is 43.5 Å². The van der Waals surface area contributed by atoms with Gasteiger partial charge in [0.1, 0.15) is 0 Å². The maximum atomic E-state index is 11.4. The first-order valence-corrected chi connectivity index (χ1v) is 8.08. The first-order chi connectivity index (χ1) is 8.47. The lowest BCUT2D eigenvalue weighted by molar-refractivity contribution is 0.599. The highest BCUT2D eigenvalue weighted by Gasteiger charge is 2.15. The largest absolute Gasteiger partial charge is 0.314 e. The lowest BCUT2D eigenvalue weighted by Gasteiger charge is -2.17. The first-order valence-electron chi connectivity index (χ1n) is 6.23. The maximum absolute atomic E-state index is 11.4. The van der Waals surface area contributed by atoms with Crippen LogP contribution in [0, 0.1) is 0 Å². The average Bonchev–Trinajstić information content (AvgIpc) is 2.81. The van der Waals surface area contributed by atoms with Gasteiger partial charge in [-0.1, -0.05) is 12.1 Å². The van der Waals surface area contributed by atoms with Crippen LogP contribution in [0.4, 0.5) is 5.69 Å². The smallest absolute Gasteiger partial charge is 0.231 e. The average molecular weight is 268 g/mol. The molecule has 1 unspecified atom stereocenters. The normalized spacial score (nSPS) is 20.0. The minimum absolute atomic E-state index is 0.573. The summed E-state index contributed by atoms with van der Waals surface area (Å²) >= 11 is 0. The molecule has 1 atom stereocenters. The number of benzene rings is 1. The third-order valence-corrected chi connectivity index (χ3v) is 4.65. The number of sulfonamides is 1. The zero-order valence-electron chi connectivity index (χ0n) is 10.9. The molecule has 0 saturated carbocycles. The molecule has 1 heterocycles. The molecule has 4 nitrogen and oxygen atoms in total. The van der Waals surface area contributed by atoms with Gasteiger partial charge in [-0.25, -0.2) is 8.42 Å². The van der Waals surface area contributed by atoms with Gasteiger partial charge in [0, 0.05) is 13.1 Å². The number of anilines is 1. The van der Waals surface area contributed by atoms with E-state index < -0.39 is 10.0 Å². The van der Waals surface area contributed by atoms with Crippen LogP contribution in [-0.4, -0.2) is 34.3 Å². The Kier molecular flexibility index (Phi) is 3.92. The van der Waals surface area contributed by atoms with Crippen molar-refractivity contribution in [1.82, 2.24) is 5.32 Å². The number of hydrogen-bond donors (Lipinski definition) is 1. The van der Waals surface area contributed by atoms with Crippen LogP contribution in [0.5, 0.6) is 0 Å². The summed E-state index contributed by atoms with van der Waals surface area (Å²) in [6.07, 6.45) is 4.71. The van der Waals surface area contributed by atoms with Crippen molar-refractivity contribution < 1.29 is 8.42 Å². The van der Waals surface area contributed by atoms with Crippen molar-refractivity contribution in [2.24, 2.45) is 0 Å². The minimum atomic E-state index is -3.17. The Labute approximate surface area is 109 Å². The molecule has 18 heavy (non-hydrogen) atoms. The van der Waals surface area contributed by atoms with Crippen molar-refractivity contribution in [1.29, 1.82) is 0 Å². The van der Waals surface area contributed by atoms with E-state index in [1.807, 2.05) is 24.3 Å². The molecule has 0 spiro atoms. The van der Waals surface area contributed by atoms with Crippen LogP contribution < -0.4 is 9.62 Å². The van der Waals surface area contributed by atoms with E-state index >= 15 is 0 Å². The minimum Gasteiger partial charge on any atom is -0.314 e. The van der Waals surface area contributed by atoms with E-state index in [4.69, 9.17) is 0 Å². The number of hydrogen-bond acceptors (Lipinski definition) is 3. The fraction of sp³-hybridized carbons (Fsp3) is 0.538. The fourth-order valence-electron chi connectivity index (χ4n) is 2.25. The van der Waals surface area contributed by atoms with Gasteiger partial charge in [-0.15, -0.1) is 0 Å². The molecule has 2 rings (SSSR count). The summed E-state index contributed by atoms with van der Waals surface area (Å²) in [4.78, 5) is 0. The Morgan fingerprint density at radius 1 is 1.33 bits per heavy atom. The van der Waals surface area contributed by atoms with Crippen LogP contribution in [0.2, 0.25) is 0 Å². The maximum Gasteiger partial charge on any atom is 0.231 e. The summed E-state index contributed by atoms with van der Waals surface area (Å²) in [5.41, 5.74) is 1.96. The topological polar surface area (TPSA) is 49.4 Å². The van der Waals surface area contributed by atoms with Gasteiger partial charge in [0.2, 0.25) is 10.0 Å². The van der Waals surface area contributed by atoms with Gasteiger partial charge >= 0.3 is 0 Å². The third kappa shape index (κ3) is 3.23. The van der Waals surface area contributed by atoms with Crippen molar-refractivity contribution in [3.63, 3.8) is 0 Å². The monoisotopic (exact) mass is 268 g/mol. The van der Waals surface area contributed by atoms with E-state index in [0.717, 1.165) is 13.0 Å². The molecule has 1 saturated heterocycles. The first kappa shape index (κ1) is 13.4. The van der Waals surface area contributed by atoms with Crippen molar-refractivity contribution in [2.75, 3.05) is 24.2 Å². The molecule has 1 aliphatic heterocycles. The Morgan fingerprint density at radius 3 is 2.50 bits per heavy atom. The Morgan fingerprint density at radius 2 is 2.00 bits per heavy atom. The number of nitrogens with one attached hydrogen (secondary N) is 1. The van der Waals surface area contributed by atoms with Crippen molar-refractivity contribution >= 4 is 15.7 Å². The quantitative estimate of drug-likeness (QED) is 0.897. The van der Waals surface area contributed by atoms with Gasteiger partial charge in [-0.2, -0.15) is 0 Å². The lowest BCUT2D eigenvalue weighted by atomic mass is 10.0. The standard InChI is InChI=1S/C13H20N2O2S/c1-15(18(2,16)17)13-7-5-11(6-8-13)10-12-4-3-9-14-12/h5-8,12,14H,3-4,9-10H2,1-2H3. The highest BCUT2D eigenvalue weighted by Crippen LogP contribution is 2.18. The molecular weight excluding hydrogens is 248 g/mol. The van der Waals surface area contributed by atoms with Gasteiger partial charge in [0.15, 0.2) is 0 Å². The van der Waals surface area contributed by atoms with Crippen molar-refractivity contribution in [3.8, 4) is 0 Å². The summed E-state index contributed by atoms with van der Waals surface area (Å²) < 4.78 is 24.1. The predicted octanol–water partition coefficient (Wildman–Crippen LogP) is 1.38. The highest BCUT2D eigenvalue weighted by molar-refractivity contribution is 7.92. The van der Waals surface area contributed by atoms with E-state index in [-0.39, 0.29) is 0 Å². The SMILES string of the molecule is CN(c1ccc(CC2CCCN2)cc1)S(C)(=O)=O. The molecule has 0 aromatic heterocycles. The Balaban J connectivity index is 2.05. The van der Waals surface area contributed by atoms with E-state index in [2.05, 4.69) is 5.32 Å². The van der Waals surface area contributed by atoms with E-state index in [1.165, 1.54) is 29.0 Å². The molecule has 0 aliphatic carbocycles. The van der Waals surface area contributed by atoms with Gasteiger partial charge in [0.05, 0.1) is 11.9 Å². The van der Waals surface area contributed by atoms with Crippen molar-refractivity contribution in [2.45, 2.75) is 25.3 Å².